The molecule has 0 bridgehead atoms. The van der Waals surface area contributed by atoms with Crippen LogP contribution in [-0.4, -0.2) is 35.0 Å². The molecule has 1 N–H and O–H groups in total. The Hall–Kier alpha value is -3.49. The molecule has 130 valence electrons. The van der Waals surface area contributed by atoms with E-state index in [1.54, 1.807) is 6.07 Å². The van der Waals surface area contributed by atoms with Gasteiger partial charge in [-0.3, -0.25) is 19.9 Å². The second-order valence-corrected chi connectivity index (χ2v) is 4.92. The van der Waals surface area contributed by atoms with Crippen LogP contribution in [0.5, 0.6) is 5.75 Å². The van der Waals surface area contributed by atoms with Crippen LogP contribution in [0.2, 0.25) is 0 Å². The zero-order chi connectivity index (χ0) is 18.4. The first-order valence-corrected chi connectivity index (χ1v) is 7.16. The van der Waals surface area contributed by atoms with Gasteiger partial charge in [0.25, 0.3) is 11.6 Å². The smallest absolute Gasteiger partial charge is 0.340 e. The molecule has 1 amide bonds. The fourth-order valence-electron chi connectivity index (χ4n) is 1.91. The van der Waals surface area contributed by atoms with Crippen LogP contribution in [0.4, 0.5) is 11.4 Å². The number of hydrogen-bond donors (Lipinski definition) is 1. The Morgan fingerprint density at radius 3 is 2.68 bits per heavy atom. The minimum Gasteiger partial charge on any atom is -0.495 e. The molecule has 9 nitrogen and oxygen atoms in total. The number of nitro benzene ring substituents is 1. The number of hydrogen-bond acceptors (Lipinski definition) is 7. The molecule has 1 heterocycles. The maximum absolute atomic E-state index is 12.2. The van der Waals surface area contributed by atoms with Crippen molar-refractivity contribution < 1.29 is 24.0 Å². The van der Waals surface area contributed by atoms with Crippen molar-refractivity contribution in [2.45, 2.75) is 13.0 Å². The number of esters is 1. The van der Waals surface area contributed by atoms with Crippen LogP contribution in [0.1, 0.15) is 17.3 Å². The predicted molar refractivity (Wildman–Crippen MR) is 87.4 cm³/mol. The summed E-state index contributed by atoms with van der Waals surface area (Å²) in [6.07, 6.45) is 1.69. The highest BCUT2D eigenvalue weighted by Gasteiger charge is 2.21. The third kappa shape index (κ3) is 4.50. The number of carbonyl (C=O) groups excluding carboxylic acids is 2. The van der Waals surface area contributed by atoms with E-state index in [1.165, 1.54) is 44.6 Å². The molecule has 0 radical (unpaired) electrons. The molecule has 0 aliphatic heterocycles. The molecule has 0 aliphatic carbocycles. The van der Waals surface area contributed by atoms with E-state index in [1.807, 2.05) is 0 Å². The number of nitrogens with one attached hydrogen (secondary N) is 1. The van der Waals surface area contributed by atoms with Crippen molar-refractivity contribution >= 4 is 23.3 Å². The summed E-state index contributed by atoms with van der Waals surface area (Å²) in [6, 6.07) is 6.84. The zero-order valence-electron chi connectivity index (χ0n) is 13.5. The number of non-ortho nitro benzene ring substituents is 1. The Morgan fingerprint density at radius 1 is 1.32 bits per heavy atom. The molecule has 25 heavy (non-hydrogen) atoms. The molecular weight excluding hydrogens is 330 g/mol. The van der Waals surface area contributed by atoms with Crippen LogP contribution in [0, 0.1) is 10.1 Å². The van der Waals surface area contributed by atoms with E-state index in [0.29, 0.717) is 0 Å². The van der Waals surface area contributed by atoms with Gasteiger partial charge in [0.05, 0.1) is 23.3 Å². The Morgan fingerprint density at radius 2 is 2.08 bits per heavy atom. The highest BCUT2D eigenvalue weighted by Crippen LogP contribution is 2.29. The normalized spacial score (nSPS) is 11.3. The summed E-state index contributed by atoms with van der Waals surface area (Å²) in [5.74, 6) is -1.12. The molecular formula is C16H15N3O6. The van der Waals surface area contributed by atoms with E-state index in [4.69, 9.17) is 9.47 Å². The van der Waals surface area contributed by atoms with Gasteiger partial charge in [0, 0.05) is 24.5 Å². The first-order chi connectivity index (χ1) is 11.9. The molecule has 0 fully saturated rings. The number of ether oxygens (including phenoxy) is 2. The Bertz CT molecular complexity index is 794. The van der Waals surface area contributed by atoms with Gasteiger partial charge in [0.15, 0.2) is 6.10 Å². The molecule has 2 rings (SSSR count). The Balaban J connectivity index is 2.09. The van der Waals surface area contributed by atoms with Gasteiger partial charge in [-0.2, -0.15) is 0 Å². The largest absolute Gasteiger partial charge is 0.495 e. The number of rotatable bonds is 6. The summed E-state index contributed by atoms with van der Waals surface area (Å²) < 4.78 is 10.1. The number of benzene rings is 1. The maximum Gasteiger partial charge on any atom is 0.340 e. The highest BCUT2D eigenvalue weighted by atomic mass is 16.6. The van der Waals surface area contributed by atoms with E-state index in [2.05, 4.69) is 10.3 Å². The first-order valence-electron chi connectivity index (χ1n) is 7.16. The monoisotopic (exact) mass is 345 g/mol. The van der Waals surface area contributed by atoms with E-state index in [9.17, 15) is 19.7 Å². The van der Waals surface area contributed by atoms with Crippen LogP contribution in [-0.2, 0) is 9.53 Å². The number of anilines is 1. The number of methoxy groups -OCH3 is 1. The number of aromatic nitrogens is 1. The number of nitrogens with zero attached hydrogens (tertiary/aromatic N) is 2. The summed E-state index contributed by atoms with van der Waals surface area (Å²) in [4.78, 5) is 38.2. The van der Waals surface area contributed by atoms with Crippen LogP contribution in [0.25, 0.3) is 0 Å². The lowest BCUT2D eigenvalue weighted by Crippen LogP contribution is -2.30. The third-order valence-corrected chi connectivity index (χ3v) is 3.20. The van der Waals surface area contributed by atoms with E-state index in [0.717, 1.165) is 6.07 Å². The van der Waals surface area contributed by atoms with E-state index in [-0.39, 0.29) is 22.7 Å². The highest BCUT2D eigenvalue weighted by molar-refractivity contribution is 5.98. The average molecular weight is 345 g/mol. The van der Waals surface area contributed by atoms with Crippen LogP contribution < -0.4 is 10.1 Å². The van der Waals surface area contributed by atoms with E-state index >= 15 is 0 Å². The molecule has 0 saturated heterocycles. The Labute approximate surface area is 142 Å². The first kappa shape index (κ1) is 17.9. The number of carbonyl (C=O) groups is 2. The molecule has 2 aromatic rings. The van der Waals surface area contributed by atoms with Gasteiger partial charge >= 0.3 is 5.97 Å². The lowest BCUT2D eigenvalue weighted by Gasteiger charge is -2.15. The molecule has 1 aromatic heterocycles. The Kier molecular flexibility index (Phi) is 5.62. The van der Waals surface area contributed by atoms with Gasteiger partial charge in [-0.25, -0.2) is 4.79 Å². The lowest BCUT2D eigenvalue weighted by molar-refractivity contribution is -0.384. The fraction of sp³-hybridized carbons (Fsp3) is 0.188. The van der Waals surface area contributed by atoms with Gasteiger partial charge in [0.2, 0.25) is 0 Å². The fourth-order valence-corrected chi connectivity index (χ4v) is 1.91. The van der Waals surface area contributed by atoms with Crippen molar-refractivity contribution in [2.75, 3.05) is 12.4 Å². The minimum absolute atomic E-state index is 0.103. The molecule has 0 unspecified atom stereocenters. The summed E-state index contributed by atoms with van der Waals surface area (Å²) >= 11 is 0. The molecule has 0 aliphatic rings. The van der Waals surface area contributed by atoms with Crippen molar-refractivity contribution in [3.8, 4) is 5.75 Å². The second kappa shape index (κ2) is 7.86. The van der Waals surface area contributed by atoms with E-state index < -0.39 is 22.9 Å². The van der Waals surface area contributed by atoms with Crippen molar-refractivity contribution in [1.82, 2.24) is 4.98 Å². The van der Waals surface area contributed by atoms with Crippen molar-refractivity contribution in [3.63, 3.8) is 0 Å². The summed E-state index contributed by atoms with van der Waals surface area (Å²) in [6.45, 7) is 1.38. The SMILES string of the molecule is COc1ccc([N+](=O)[O-])cc1NC(=O)[C@@H](C)OC(=O)c1cccnc1. The summed E-state index contributed by atoms with van der Waals surface area (Å²) in [5, 5.41) is 13.3. The summed E-state index contributed by atoms with van der Waals surface area (Å²) in [7, 11) is 1.36. The average Bonchev–Trinajstić information content (AvgIpc) is 2.62. The van der Waals surface area contributed by atoms with Gasteiger partial charge in [-0.1, -0.05) is 0 Å². The molecule has 1 aromatic carbocycles. The summed E-state index contributed by atoms with van der Waals surface area (Å²) in [5.41, 5.74) is 0.0946. The quantitative estimate of drug-likeness (QED) is 0.484. The van der Waals surface area contributed by atoms with Crippen molar-refractivity contribution in [2.24, 2.45) is 0 Å². The molecule has 9 heteroatoms. The molecule has 0 spiro atoms. The van der Waals surface area contributed by atoms with Gasteiger partial charge in [-0.15, -0.1) is 0 Å². The number of pyridine rings is 1. The lowest BCUT2D eigenvalue weighted by atomic mass is 10.2. The van der Waals surface area contributed by atoms with Gasteiger partial charge < -0.3 is 14.8 Å². The van der Waals surface area contributed by atoms with Crippen molar-refractivity contribution in [3.05, 3.63) is 58.4 Å². The predicted octanol–water partition coefficient (Wildman–Crippen LogP) is 2.18. The van der Waals surface area contributed by atoms with Crippen LogP contribution in [0.3, 0.4) is 0 Å². The van der Waals surface area contributed by atoms with Crippen LogP contribution >= 0.6 is 0 Å². The number of amides is 1. The zero-order valence-corrected chi connectivity index (χ0v) is 13.5. The third-order valence-electron chi connectivity index (χ3n) is 3.20. The van der Waals surface area contributed by atoms with Crippen LogP contribution in [0.15, 0.2) is 42.7 Å². The molecule has 0 saturated carbocycles. The topological polar surface area (TPSA) is 121 Å². The standard InChI is InChI=1S/C16H15N3O6/c1-10(25-16(21)11-4-3-7-17-9-11)15(20)18-13-8-12(19(22)23)5-6-14(13)24-2/h3-10H,1-2H3,(H,18,20)/t10-/m1/s1. The van der Waals surface area contributed by atoms with Crippen molar-refractivity contribution in [1.29, 1.82) is 0 Å². The molecule has 1 atom stereocenters. The van der Waals surface area contributed by atoms with Gasteiger partial charge in [0.1, 0.15) is 5.75 Å². The second-order valence-electron chi connectivity index (χ2n) is 4.92. The minimum atomic E-state index is -1.13. The van der Waals surface area contributed by atoms with Gasteiger partial charge in [-0.05, 0) is 25.1 Å². The maximum atomic E-state index is 12.2. The number of nitro groups is 1.